The van der Waals surface area contributed by atoms with Gasteiger partial charge in [-0.05, 0) is 30.5 Å². The first kappa shape index (κ1) is 14.1. The summed E-state index contributed by atoms with van der Waals surface area (Å²) in [5.74, 6) is 1.42. The maximum absolute atomic E-state index is 10.6. The maximum atomic E-state index is 10.6. The summed E-state index contributed by atoms with van der Waals surface area (Å²) in [5, 5.41) is 0. The lowest BCUT2D eigenvalue weighted by molar-refractivity contribution is 0.0245. The number of carbonyl (C=O) groups excluding carboxylic acids is 1. The van der Waals surface area contributed by atoms with Crippen molar-refractivity contribution in [3.05, 3.63) is 23.8 Å². The number of isocyanates is 1. The third kappa shape index (κ3) is 2.94. The molecule has 0 bridgehead atoms. The van der Waals surface area contributed by atoms with Crippen LogP contribution in [0.25, 0.3) is 0 Å². The number of nitrogens with zero attached hydrogens (tertiary/aromatic N) is 1. The summed E-state index contributed by atoms with van der Waals surface area (Å²) in [5.41, 5.74) is 0.605. The third-order valence-corrected chi connectivity index (χ3v) is 4.15. The highest BCUT2D eigenvalue weighted by molar-refractivity contribution is 5.48. The molecule has 2 fully saturated rings. The minimum Gasteiger partial charge on any atom is -0.493 e. The van der Waals surface area contributed by atoms with E-state index in [1.54, 1.807) is 13.2 Å². The molecule has 1 aromatic rings. The van der Waals surface area contributed by atoms with Crippen molar-refractivity contribution in [3.63, 3.8) is 0 Å². The van der Waals surface area contributed by atoms with Gasteiger partial charge in [0.1, 0.15) is 6.10 Å². The quantitative estimate of drug-likeness (QED) is 0.617. The Morgan fingerprint density at radius 1 is 1.29 bits per heavy atom. The summed E-state index contributed by atoms with van der Waals surface area (Å²) in [4.78, 5) is 14.5. The summed E-state index contributed by atoms with van der Waals surface area (Å²) < 4.78 is 16.8. The Morgan fingerprint density at radius 2 is 2.05 bits per heavy atom. The van der Waals surface area contributed by atoms with E-state index in [2.05, 4.69) is 4.99 Å². The van der Waals surface area contributed by atoms with Crippen molar-refractivity contribution in [1.29, 1.82) is 0 Å². The molecule has 0 atom stereocenters. The number of hydrogen-bond acceptors (Lipinski definition) is 5. The van der Waals surface area contributed by atoms with E-state index in [1.807, 2.05) is 18.2 Å². The van der Waals surface area contributed by atoms with Crippen LogP contribution in [0, 0.1) is 0 Å². The van der Waals surface area contributed by atoms with E-state index in [1.165, 1.54) is 0 Å². The highest BCUT2D eigenvalue weighted by Gasteiger charge is 2.45. The second-order valence-electron chi connectivity index (χ2n) is 5.53. The molecule has 0 amide bonds. The Labute approximate surface area is 123 Å². The van der Waals surface area contributed by atoms with Gasteiger partial charge in [-0.1, -0.05) is 6.07 Å². The molecule has 5 nitrogen and oxygen atoms in total. The van der Waals surface area contributed by atoms with E-state index in [9.17, 15) is 4.79 Å². The molecule has 2 aliphatic rings. The fourth-order valence-corrected chi connectivity index (χ4v) is 2.70. The molecule has 112 valence electrons. The maximum Gasteiger partial charge on any atom is 0.235 e. The van der Waals surface area contributed by atoms with Crippen molar-refractivity contribution in [2.45, 2.75) is 37.3 Å². The fourth-order valence-electron chi connectivity index (χ4n) is 2.70. The number of rotatable bonds is 5. The molecule has 5 heteroatoms. The fraction of sp³-hybridized carbons (Fsp3) is 0.562. The second kappa shape index (κ2) is 5.88. The minimum atomic E-state index is -0.383. The van der Waals surface area contributed by atoms with Crippen molar-refractivity contribution in [2.75, 3.05) is 20.3 Å². The zero-order valence-corrected chi connectivity index (χ0v) is 12.1. The predicted octanol–water partition coefficient (Wildman–Crippen LogP) is 2.58. The van der Waals surface area contributed by atoms with Gasteiger partial charge in [0.25, 0.3) is 0 Å². The second-order valence-corrected chi connectivity index (χ2v) is 5.53. The van der Waals surface area contributed by atoms with E-state index in [0.29, 0.717) is 5.75 Å². The summed E-state index contributed by atoms with van der Waals surface area (Å²) in [6, 6.07) is 5.79. The van der Waals surface area contributed by atoms with Crippen LogP contribution in [-0.2, 0) is 15.1 Å². The van der Waals surface area contributed by atoms with E-state index in [0.717, 1.165) is 50.2 Å². The zero-order chi connectivity index (χ0) is 14.7. The molecular weight excluding hydrogens is 270 g/mol. The van der Waals surface area contributed by atoms with Crippen LogP contribution in [0.1, 0.15) is 31.2 Å². The molecule has 1 saturated carbocycles. The average Bonchev–Trinajstić information content (AvgIpc) is 3.30. The monoisotopic (exact) mass is 289 g/mol. The Bertz CT molecular complexity index is 555. The van der Waals surface area contributed by atoms with Crippen molar-refractivity contribution in [3.8, 4) is 11.5 Å². The normalized spacial score (nSPS) is 20.4. The van der Waals surface area contributed by atoms with Gasteiger partial charge in [0.05, 0.1) is 25.9 Å². The first-order chi connectivity index (χ1) is 10.3. The highest BCUT2D eigenvalue weighted by Crippen LogP contribution is 2.50. The number of ether oxygens (including phenoxy) is 3. The lowest BCUT2D eigenvalue weighted by Gasteiger charge is -2.24. The smallest absolute Gasteiger partial charge is 0.235 e. The summed E-state index contributed by atoms with van der Waals surface area (Å²) in [6.45, 7) is 1.48. The molecule has 0 radical (unpaired) electrons. The predicted molar refractivity (Wildman–Crippen MR) is 76.5 cm³/mol. The highest BCUT2D eigenvalue weighted by atomic mass is 16.5. The first-order valence-corrected chi connectivity index (χ1v) is 7.29. The van der Waals surface area contributed by atoms with Crippen LogP contribution in [0.5, 0.6) is 11.5 Å². The van der Waals surface area contributed by atoms with Gasteiger partial charge >= 0.3 is 0 Å². The standard InChI is InChI=1S/C16H19NO4/c1-19-15-10-12(16(6-7-16)17-11-18)2-3-14(15)21-13-4-8-20-9-5-13/h2-3,10,13H,4-9H2,1H3. The molecule has 1 aliphatic carbocycles. The summed E-state index contributed by atoms with van der Waals surface area (Å²) >= 11 is 0. The molecule has 0 unspecified atom stereocenters. The zero-order valence-electron chi connectivity index (χ0n) is 12.1. The van der Waals surface area contributed by atoms with Crippen LogP contribution in [0.4, 0.5) is 0 Å². The van der Waals surface area contributed by atoms with E-state index in [4.69, 9.17) is 14.2 Å². The molecule has 1 saturated heterocycles. The minimum absolute atomic E-state index is 0.168. The molecule has 0 spiro atoms. The van der Waals surface area contributed by atoms with Crippen molar-refractivity contribution < 1.29 is 19.0 Å². The van der Waals surface area contributed by atoms with Crippen LogP contribution >= 0.6 is 0 Å². The first-order valence-electron chi connectivity index (χ1n) is 7.29. The molecule has 3 rings (SSSR count). The van der Waals surface area contributed by atoms with Gasteiger partial charge in [0.2, 0.25) is 6.08 Å². The number of aliphatic imine (C=N–C) groups is 1. The van der Waals surface area contributed by atoms with Gasteiger partial charge in [-0.3, -0.25) is 0 Å². The molecule has 1 aliphatic heterocycles. The van der Waals surface area contributed by atoms with Crippen LogP contribution < -0.4 is 9.47 Å². The van der Waals surface area contributed by atoms with Crippen molar-refractivity contribution >= 4 is 6.08 Å². The van der Waals surface area contributed by atoms with Gasteiger partial charge in [0, 0.05) is 12.8 Å². The van der Waals surface area contributed by atoms with Crippen LogP contribution in [0.2, 0.25) is 0 Å². The van der Waals surface area contributed by atoms with Gasteiger partial charge in [-0.2, -0.15) is 4.99 Å². The Kier molecular flexibility index (Phi) is 3.95. The van der Waals surface area contributed by atoms with Gasteiger partial charge in [0.15, 0.2) is 11.5 Å². The molecule has 0 N–H and O–H groups in total. The topological polar surface area (TPSA) is 57.1 Å². The lowest BCUT2D eigenvalue weighted by Crippen LogP contribution is -2.26. The third-order valence-electron chi connectivity index (χ3n) is 4.15. The molecule has 0 aromatic heterocycles. The van der Waals surface area contributed by atoms with Crippen LogP contribution in [0.15, 0.2) is 23.2 Å². The van der Waals surface area contributed by atoms with Crippen molar-refractivity contribution in [2.24, 2.45) is 4.99 Å². The Morgan fingerprint density at radius 3 is 2.67 bits per heavy atom. The largest absolute Gasteiger partial charge is 0.493 e. The van der Waals surface area contributed by atoms with Gasteiger partial charge in [-0.15, -0.1) is 0 Å². The number of hydrogen-bond donors (Lipinski definition) is 0. The van der Waals surface area contributed by atoms with E-state index >= 15 is 0 Å². The molecule has 1 heterocycles. The SMILES string of the molecule is COc1cc(C2(N=C=O)CC2)ccc1OC1CCOCC1. The van der Waals surface area contributed by atoms with Crippen LogP contribution in [-0.4, -0.2) is 32.5 Å². The van der Waals surface area contributed by atoms with E-state index < -0.39 is 0 Å². The summed E-state index contributed by atoms with van der Waals surface area (Å²) in [6.07, 6.45) is 5.39. The summed E-state index contributed by atoms with van der Waals surface area (Å²) in [7, 11) is 1.62. The Hall–Kier alpha value is -1.84. The van der Waals surface area contributed by atoms with E-state index in [-0.39, 0.29) is 11.6 Å². The van der Waals surface area contributed by atoms with Crippen molar-refractivity contribution in [1.82, 2.24) is 0 Å². The van der Waals surface area contributed by atoms with Gasteiger partial charge < -0.3 is 14.2 Å². The van der Waals surface area contributed by atoms with Gasteiger partial charge in [-0.25, -0.2) is 4.79 Å². The molecule has 1 aromatic carbocycles. The lowest BCUT2D eigenvalue weighted by atomic mass is 10.0. The molecular formula is C16H19NO4. The number of benzene rings is 1. The molecule has 21 heavy (non-hydrogen) atoms. The Balaban J connectivity index is 1.80. The average molecular weight is 289 g/mol. The van der Waals surface area contributed by atoms with Crippen LogP contribution in [0.3, 0.4) is 0 Å². The number of methoxy groups -OCH3 is 1.